The molecule has 19 heavy (non-hydrogen) atoms. The van der Waals surface area contributed by atoms with Crippen LogP contribution in [0.1, 0.15) is 32.6 Å². The van der Waals surface area contributed by atoms with Crippen molar-refractivity contribution in [2.24, 2.45) is 5.73 Å². The Kier molecular flexibility index (Phi) is 4.59. The molecule has 1 saturated carbocycles. The molecule has 1 fully saturated rings. The molecule has 2 N–H and O–H groups in total. The highest BCUT2D eigenvalue weighted by molar-refractivity contribution is 7.89. The van der Waals surface area contributed by atoms with Crippen molar-refractivity contribution in [2.75, 3.05) is 13.1 Å². The summed E-state index contributed by atoms with van der Waals surface area (Å²) in [7, 11) is -3.48. The van der Waals surface area contributed by atoms with E-state index < -0.39 is 10.0 Å². The summed E-state index contributed by atoms with van der Waals surface area (Å²) in [6.07, 6.45) is 6.84. The number of hydrogen-bond acceptors (Lipinski definition) is 4. The van der Waals surface area contributed by atoms with Gasteiger partial charge in [-0.2, -0.15) is 4.31 Å². The molecule has 0 bridgehead atoms. The van der Waals surface area contributed by atoms with Crippen molar-refractivity contribution < 1.29 is 8.42 Å². The zero-order valence-electron chi connectivity index (χ0n) is 11.3. The van der Waals surface area contributed by atoms with Crippen molar-refractivity contribution in [3.05, 3.63) is 12.5 Å². The smallest absolute Gasteiger partial charge is 0.262 e. The second-order valence-electron chi connectivity index (χ2n) is 4.89. The Labute approximate surface area is 114 Å². The van der Waals surface area contributed by atoms with Gasteiger partial charge < -0.3 is 10.3 Å². The molecule has 0 atom stereocenters. The third kappa shape index (κ3) is 2.98. The second kappa shape index (κ2) is 6.02. The molecule has 1 aromatic heterocycles. The van der Waals surface area contributed by atoms with Crippen molar-refractivity contribution in [3.63, 3.8) is 0 Å². The van der Waals surface area contributed by atoms with Crippen molar-refractivity contribution in [3.8, 4) is 0 Å². The topological polar surface area (TPSA) is 81.2 Å². The Bertz CT molecular complexity index is 508. The van der Waals surface area contributed by atoms with E-state index in [-0.39, 0.29) is 11.1 Å². The summed E-state index contributed by atoms with van der Waals surface area (Å²) >= 11 is 0. The van der Waals surface area contributed by atoms with Crippen LogP contribution in [0.25, 0.3) is 0 Å². The Morgan fingerprint density at radius 3 is 2.74 bits per heavy atom. The lowest BCUT2D eigenvalue weighted by molar-refractivity contribution is 0.218. The highest BCUT2D eigenvalue weighted by atomic mass is 32.2. The Hall–Kier alpha value is -0.920. The van der Waals surface area contributed by atoms with E-state index in [2.05, 4.69) is 4.98 Å². The molecule has 0 unspecified atom stereocenters. The van der Waals surface area contributed by atoms with Gasteiger partial charge in [0.05, 0.1) is 6.33 Å². The molecule has 7 heteroatoms. The van der Waals surface area contributed by atoms with E-state index in [1.165, 1.54) is 0 Å². The van der Waals surface area contributed by atoms with Gasteiger partial charge in [-0.1, -0.05) is 6.42 Å². The van der Waals surface area contributed by atoms with E-state index in [9.17, 15) is 8.42 Å². The average molecular weight is 286 g/mol. The first-order valence-corrected chi connectivity index (χ1v) is 8.27. The quantitative estimate of drug-likeness (QED) is 0.803. The predicted molar refractivity (Wildman–Crippen MR) is 73.1 cm³/mol. The summed E-state index contributed by atoms with van der Waals surface area (Å²) in [6.45, 7) is 3.66. The number of hydrogen-bond donors (Lipinski definition) is 1. The van der Waals surface area contributed by atoms with Crippen LogP contribution in [0.15, 0.2) is 17.6 Å². The van der Waals surface area contributed by atoms with Crippen LogP contribution in [0.4, 0.5) is 0 Å². The maximum absolute atomic E-state index is 12.6. The summed E-state index contributed by atoms with van der Waals surface area (Å²) < 4.78 is 28.6. The molecule has 108 valence electrons. The maximum Gasteiger partial charge on any atom is 0.262 e. The molecule has 1 aliphatic rings. The van der Waals surface area contributed by atoms with Gasteiger partial charge in [0.2, 0.25) is 0 Å². The minimum absolute atomic E-state index is 0.128. The molecule has 0 saturated heterocycles. The van der Waals surface area contributed by atoms with Gasteiger partial charge in [0.15, 0.2) is 5.03 Å². The summed E-state index contributed by atoms with van der Waals surface area (Å²) in [5, 5.41) is 0.151. The molecule has 1 aromatic rings. The minimum Gasteiger partial charge on any atom is -0.336 e. The standard InChI is InChI=1S/C12H22N4O2S/c1-2-15-9-12(14-10-15)19(17,18)16(8-4-7-13)11-5-3-6-11/h9-11H,2-8,13H2,1H3. The molecule has 6 nitrogen and oxygen atoms in total. The number of nitrogens with zero attached hydrogens (tertiary/aromatic N) is 3. The molecule has 2 rings (SSSR count). The van der Waals surface area contributed by atoms with Gasteiger partial charge in [-0.3, -0.25) is 0 Å². The van der Waals surface area contributed by atoms with Gasteiger partial charge in [0.25, 0.3) is 10.0 Å². The fraction of sp³-hybridized carbons (Fsp3) is 0.750. The number of imidazole rings is 1. The largest absolute Gasteiger partial charge is 0.336 e. The highest BCUT2D eigenvalue weighted by Crippen LogP contribution is 2.29. The number of rotatable bonds is 7. The van der Waals surface area contributed by atoms with Crippen LogP contribution < -0.4 is 5.73 Å². The fourth-order valence-electron chi connectivity index (χ4n) is 2.19. The Balaban J connectivity index is 2.22. The fourth-order valence-corrected chi connectivity index (χ4v) is 3.85. The van der Waals surface area contributed by atoms with Crippen LogP contribution in [0.3, 0.4) is 0 Å². The van der Waals surface area contributed by atoms with Gasteiger partial charge in [-0.25, -0.2) is 13.4 Å². The van der Waals surface area contributed by atoms with Crippen LogP contribution in [0.5, 0.6) is 0 Å². The first-order valence-electron chi connectivity index (χ1n) is 6.83. The lowest BCUT2D eigenvalue weighted by atomic mass is 9.93. The summed E-state index contributed by atoms with van der Waals surface area (Å²) in [4.78, 5) is 4.03. The van der Waals surface area contributed by atoms with E-state index in [4.69, 9.17) is 5.73 Å². The van der Waals surface area contributed by atoms with Gasteiger partial charge >= 0.3 is 0 Å². The first kappa shape index (κ1) is 14.5. The predicted octanol–water partition coefficient (Wildman–Crippen LogP) is 0.795. The highest BCUT2D eigenvalue weighted by Gasteiger charge is 2.35. The van der Waals surface area contributed by atoms with Crippen molar-refractivity contribution in [1.29, 1.82) is 0 Å². The van der Waals surface area contributed by atoms with Crippen LogP contribution in [-0.4, -0.2) is 41.4 Å². The lowest BCUT2D eigenvalue weighted by Gasteiger charge is -2.36. The molecular weight excluding hydrogens is 264 g/mol. The van der Waals surface area contributed by atoms with Crippen LogP contribution in [0, 0.1) is 0 Å². The third-order valence-electron chi connectivity index (χ3n) is 3.61. The molecule has 1 aliphatic carbocycles. The molecular formula is C12H22N4O2S. The van der Waals surface area contributed by atoms with E-state index in [0.29, 0.717) is 19.5 Å². The Morgan fingerprint density at radius 1 is 1.53 bits per heavy atom. The van der Waals surface area contributed by atoms with Crippen molar-refractivity contribution in [1.82, 2.24) is 13.9 Å². The number of nitrogens with two attached hydrogens (primary N) is 1. The minimum atomic E-state index is -3.48. The molecule has 0 aliphatic heterocycles. The van der Waals surface area contributed by atoms with E-state index in [0.717, 1.165) is 25.8 Å². The number of aromatic nitrogens is 2. The van der Waals surface area contributed by atoms with Gasteiger partial charge in [-0.05, 0) is 32.7 Å². The monoisotopic (exact) mass is 286 g/mol. The molecule has 0 amide bonds. The summed E-state index contributed by atoms with van der Waals surface area (Å²) in [6, 6.07) is 0.128. The van der Waals surface area contributed by atoms with Crippen molar-refractivity contribution in [2.45, 2.75) is 50.2 Å². The van der Waals surface area contributed by atoms with E-state index in [1.54, 1.807) is 21.4 Å². The number of aryl methyl sites for hydroxylation is 1. The normalized spacial score (nSPS) is 16.8. The van der Waals surface area contributed by atoms with Gasteiger partial charge in [0.1, 0.15) is 0 Å². The van der Waals surface area contributed by atoms with Crippen LogP contribution >= 0.6 is 0 Å². The second-order valence-corrected chi connectivity index (χ2v) is 6.72. The summed E-state index contributed by atoms with van der Waals surface area (Å²) in [5.74, 6) is 0. The third-order valence-corrected chi connectivity index (χ3v) is 5.45. The molecule has 0 aromatic carbocycles. The first-order chi connectivity index (χ1) is 9.09. The number of sulfonamides is 1. The van der Waals surface area contributed by atoms with Gasteiger partial charge in [-0.15, -0.1) is 0 Å². The zero-order chi connectivity index (χ0) is 13.9. The Morgan fingerprint density at radius 2 is 2.26 bits per heavy atom. The van der Waals surface area contributed by atoms with Gasteiger partial charge in [0, 0.05) is 25.3 Å². The zero-order valence-corrected chi connectivity index (χ0v) is 12.1. The van der Waals surface area contributed by atoms with E-state index >= 15 is 0 Å². The SMILES string of the molecule is CCn1cnc(S(=O)(=O)N(CCCN)C2CCC2)c1. The summed E-state index contributed by atoms with van der Waals surface area (Å²) in [5.41, 5.74) is 5.50. The van der Waals surface area contributed by atoms with E-state index in [1.807, 2.05) is 6.92 Å². The molecule has 1 heterocycles. The van der Waals surface area contributed by atoms with Crippen LogP contribution in [-0.2, 0) is 16.6 Å². The average Bonchev–Trinajstić information content (AvgIpc) is 2.81. The lowest BCUT2D eigenvalue weighted by Crippen LogP contribution is -2.45. The van der Waals surface area contributed by atoms with Crippen molar-refractivity contribution >= 4 is 10.0 Å². The van der Waals surface area contributed by atoms with Crippen LogP contribution in [0.2, 0.25) is 0 Å². The molecule has 0 spiro atoms. The molecule has 0 radical (unpaired) electrons. The maximum atomic E-state index is 12.6.